The molecule has 9 nitrogen and oxygen atoms in total. The molecule has 0 saturated carbocycles. The smallest absolute Gasteiger partial charge is 0.322 e. The van der Waals surface area contributed by atoms with Crippen LogP contribution in [-0.4, -0.2) is 38.8 Å². The molecule has 10 heteroatoms. The highest BCUT2D eigenvalue weighted by atomic mass is 32.1. The first kappa shape index (κ1) is 16.0. The minimum Gasteiger partial charge on any atom is -0.350 e. The van der Waals surface area contributed by atoms with E-state index in [9.17, 15) is 14.4 Å². The second kappa shape index (κ2) is 7.13. The van der Waals surface area contributed by atoms with Crippen molar-refractivity contribution in [3.8, 4) is 10.7 Å². The fraction of sp³-hybridized carbons (Fsp3) is 0.286. The van der Waals surface area contributed by atoms with Gasteiger partial charge in [-0.25, -0.2) is 9.78 Å². The molecule has 1 saturated heterocycles. The molecule has 3 heterocycles. The number of hydrogen-bond donors (Lipinski definition) is 3. The molecule has 0 spiro atoms. The predicted octanol–water partition coefficient (Wildman–Crippen LogP) is 0.204. The minimum atomic E-state index is -0.647. The lowest BCUT2D eigenvalue weighted by atomic mass is 10.1. The highest BCUT2D eigenvalue weighted by Gasteiger charge is 2.29. The number of nitrogens with one attached hydrogen (secondary N) is 3. The Hall–Kier alpha value is -2.88. The van der Waals surface area contributed by atoms with Crippen molar-refractivity contribution in [3.63, 3.8) is 0 Å². The Kier molecular flexibility index (Phi) is 4.75. The molecule has 4 amide bonds. The van der Waals surface area contributed by atoms with E-state index in [0.717, 1.165) is 10.7 Å². The number of carbonyl (C=O) groups excluding carboxylic acids is 3. The zero-order chi connectivity index (χ0) is 16.9. The number of thiazole rings is 1. The fourth-order valence-corrected chi connectivity index (χ4v) is 2.91. The van der Waals surface area contributed by atoms with Gasteiger partial charge in [-0.05, 0) is 6.42 Å². The van der Waals surface area contributed by atoms with Crippen LogP contribution in [0.5, 0.6) is 0 Å². The van der Waals surface area contributed by atoms with Crippen LogP contribution in [-0.2, 0) is 16.1 Å². The molecule has 1 aliphatic rings. The first-order valence-corrected chi connectivity index (χ1v) is 8.08. The molecule has 3 rings (SSSR count). The Morgan fingerprint density at radius 1 is 1.33 bits per heavy atom. The van der Waals surface area contributed by atoms with E-state index in [2.05, 4.69) is 30.9 Å². The van der Waals surface area contributed by atoms with Gasteiger partial charge in [0.1, 0.15) is 16.7 Å². The van der Waals surface area contributed by atoms with E-state index < -0.39 is 18.0 Å². The minimum absolute atomic E-state index is 0.138. The maximum absolute atomic E-state index is 11.8. The Morgan fingerprint density at radius 3 is 2.92 bits per heavy atom. The van der Waals surface area contributed by atoms with Crippen LogP contribution in [0, 0.1) is 0 Å². The summed E-state index contributed by atoms with van der Waals surface area (Å²) in [7, 11) is 0. The largest absolute Gasteiger partial charge is 0.350 e. The molecule has 0 radical (unpaired) electrons. The molecule has 0 aliphatic carbocycles. The highest BCUT2D eigenvalue weighted by Crippen LogP contribution is 2.20. The first-order chi connectivity index (χ1) is 11.6. The lowest BCUT2D eigenvalue weighted by molar-refractivity contribution is -0.122. The lowest BCUT2D eigenvalue weighted by Crippen LogP contribution is -2.31. The van der Waals surface area contributed by atoms with Gasteiger partial charge in [-0.15, -0.1) is 11.3 Å². The van der Waals surface area contributed by atoms with E-state index >= 15 is 0 Å². The summed E-state index contributed by atoms with van der Waals surface area (Å²) in [6.45, 7) is 0.290. The van der Waals surface area contributed by atoms with E-state index in [1.54, 1.807) is 18.6 Å². The molecule has 1 fully saturated rings. The summed E-state index contributed by atoms with van der Waals surface area (Å²) in [4.78, 5) is 46.7. The summed E-state index contributed by atoms with van der Waals surface area (Å²) in [5, 5.41) is 9.89. The van der Waals surface area contributed by atoms with Gasteiger partial charge in [-0.1, -0.05) is 0 Å². The summed E-state index contributed by atoms with van der Waals surface area (Å²) >= 11 is 1.42. The zero-order valence-electron chi connectivity index (χ0n) is 12.5. The van der Waals surface area contributed by atoms with Gasteiger partial charge in [0, 0.05) is 24.2 Å². The number of rotatable bonds is 6. The van der Waals surface area contributed by atoms with Crippen LogP contribution in [0.4, 0.5) is 4.79 Å². The Balaban J connectivity index is 1.46. The third-order valence-electron chi connectivity index (χ3n) is 3.32. The van der Waals surface area contributed by atoms with Crippen LogP contribution in [0.1, 0.15) is 18.5 Å². The molecule has 1 atom stereocenters. The van der Waals surface area contributed by atoms with Gasteiger partial charge in [-0.2, -0.15) is 0 Å². The van der Waals surface area contributed by atoms with Crippen LogP contribution in [0.2, 0.25) is 0 Å². The Morgan fingerprint density at radius 2 is 2.21 bits per heavy atom. The molecule has 24 heavy (non-hydrogen) atoms. The van der Waals surface area contributed by atoms with Crippen LogP contribution < -0.4 is 16.0 Å². The highest BCUT2D eigenvalue weighted by molar-refractivity contribution is 7.13. The third kappa shape index (κ3) is 3.90. The van der Waals surface area contributed by atoms with Crippen LogP contribution in [0.15, 0.2) is 24.0 Å². The number of aromatic nitrogens is 3. The van der Waals surface area contributed by atoms with Crippen LogP contribution in [0.25, 0.3) is 10.7 Å². The van der Waals surface area contributed by atoms with Crippen molar-refractivity contribution in [1.29, 1.82) is 0 Å². The number of carbonyl (C=O) groups is 3. The van der Waals surface area contributed by atoms with E-state index in [1.807, 2.05) is 5.38 Å². The van der Waals surface area contributed by atoms with Gasteiger partial charge >= 0.3 is 6.03 Å². The molecule has 124 valence electrons. The first-order valence-electron chi connectivity index (χ1n) is 7.20. The summed E-state index contributed by atoms with van der Waals surface area (Å²) < 4.78 is 0. The molecule has 0 aromatic carbocycles. The van der Waals surface area contributed by atoms with Crippen molar-refractivity contribution in [2.45, 2.75) is 25.4 Å². The quantitative estimate of drug-likeness (QED) is 0.642. The molecule has 0 bridgehead atoms. The van der Waals surface area contributed by atoms with Crippen molar-refractivity contribution >= 4 is 29.2 Å². The van der Waals surface area contributed by atoms with E-state index in [4.69, 9.17) is 0 Å². The maximum atomic E-state index is 11.8. The number of hydrogen-bond acceptors (Lipinski definition) is 7. The number of amides is 4. The number of urea groups is 1. The normalized spacial score (nSPS) is 16.6. The second-order valence-corrected chi connectivity index (χ2v) is 5.92. The van der Waals surface area contributed by atoms with Crippen LogP contribution in [0.3, 0.4) is 0 Å². The van der Waals surface area contributed by atoms with Crippen molar-refractivity contribution in [2.24, 2.45) is 0 Å². The standard InChI is InChI=1S/C14H14N6O3S/c21-11(2-1-9-12(22)20-14(23)19-9)17-5-8-7-24-13(18-8)10-6-15-3-4-16-10/h3-4,6-7,9H,1-2,5H2,(H,17,21)(H2,19,20,22,23)/t9-/m1/s1. The van der Waals surface area contributed by atoms with Gasteiger partial charge < -0.3 is 10.6 Å². The fourth-order valence-electron chi connectivity index (χ4n) is 2.13. The van der Waals surface area contributed by atoms with E-state index in [0.29, 0.717) is 12.2 Å². The van der Waals surface area contributed by atoms with Crippen molar-refractivity contribution in [2.75, 3.05) is 0 Å². The van der Waals surface area contributed by atoms with Crippen molar-refractivity contribution < 1.29 is 14.4 Å². The van der Waals surface area contributed by atoms with Gasteiger partial charge in [0.05, 0.1) is 18.4 Å². The summed E-state index contributed by atoms with van der Waals surface area (Å²) in [5.41, 5.74) is 1.41. The molecule has 3 N–H and O–H groups in total. The monoisotopic (exact) mass is 346 g/mol. The zero-order valence-corrected chi connectivity index (χ0v) is 13.3. The van der Waals surface area contributed by atoms with Gasteiger partial charge in [0.2, 0.25) is 5.91 Å². The van der Waals surface area contributed by atoms with Gasteiger partial charge in [0.15, 0.2) is 0 Å². The molecule has 2 aromatic heterocycles. The third-order valence-corrected chi connectivity index (χ3v) is 4.23. The predicted molar refractivity (Wildman–Crippen MR) is 84.7 cm³/mol. The van der Waals surface area contributed by atoms with Gasteiger partial charge in [-0.3, -0.25) is 24.9 Å². The molecule has 0 unspecified atom stereocenters. The lowest BCUT2D eigenvalue weighted by Gasteiger charge is -2.07. The summed E-state index contributed by atoms with van der Waals surface area (Å²) in [6.07, 6.45) is 5.20. The van der Waals surface area contributed by atoms with E-state index in [1.165, 1.54) is 11.3 Å². The average molecular weight is 346 g/mol. The molecular weight excluding hydrogens is 332 g/mol. The average Bonchev–Trinajstić information content (AvgIpc) is 3.18. The van der Waals surface area contributed by atoms with Crippen molar-refractivity contribution in [1.82, 2.24) is 30.9 Å². The van der Waals surface area contributed by atoms with Gasteiger partial charge in [0.25, 0.3) is 5.91 Å². The molecular formula is C14H14N6O3S. The second-order valence-electron chi connectivity index (χ2n) is 5.07. The Labute approximate surface area is 140 Å². The topological polar surface area (TPSA) is 126 Å². The van der Waals surface area contributed by atoms with Crippen molar-refractivity contribution in [3.05, 3.63) is 29.7 Å². The molecule has 2 aromatic rings. The maximum Gasteiger partial charge on any atom is 0.322 e. The molecule has 1 aliphatic heterocycles. The number of imide groups is 1. The number of nitrogens with zero attached hydrogens (tertiary/aromatic N) is 3. The summed E-state index contributed by atoms with van der Waals surface area (Å²) in [6, 6.07) is -1.17. The summed E-state index contributed by atoms with van der Waals surface area (Å²) in [5.74, 6) is -0.612. The van der Waals surface area contributed by atoms with Crippen LogP contribution >= 0.6 is 11.3 Å². The Bertz CT molecular complexity index is 763. The van der Waals surface area contributed by atoms with E-state index in [-0.39, 0.29) is 18.7 Å². The SMILES string of the molecule is O=C(CC[C@H]1NC(=O)NC1=O)NCc1csc(-c2cnccn2)n1.